The van der Waals surface area contributed by atoms with Crippen LogP contribution in [0.2, 0.25) is 0 Å². The number of nitrogens with zero attached hydrogens (tertiary/aromatic N) is 1. The molecule has 3 aromatic carbocycles. The van der Waals surface area contributed by atoms with Gasteiger partial charge in [0.25, 0.3) is 0 Å². The van der Waals surface area contributed by atoms with Gasteiger partial charge in [-0.15, -0.1) is 0 Å². The van der Waals surface area contributed by atoms with Crippen molar-refractivity contribution < 1.29 is 23.8 Å². The first kappa shape index (κ1) is 21.4. The van der Waals surface area contributed by atoms with Gasteiger partial charge in [-0.2, -0.15) is 0 Å². The molecule has 0 saturated carbocycles. The summed E-state index contributed by atoms with van der Waals surface area (Å²) >= 11 is 0. The molecule has 33 heavy (non-hydrogen) atoms. The van der Waals surface area contributed by atoms with Gasteiger partial charge >= 0.3 is 0 Å². The summed E-state index contributed by atoms with van der Waals surface area (Å²) in [5.74, 6) is -1.57. The highest BCUT2D eigenvalue weighted by Crippen LogP contribution is 2.46. The van der Waals surface area contributed by atoms with E-state index in [1.165, 1.54) is 6.92 Å². The highest BCUT2D eigenvalue weighted by molar-refractivity contribution is 6.15. The zero-order valence-corrected chi connectivity index (χ0v) is 18.5. The molecule has 1 amide bonds. The summed E-state index contributed by atoms with van der Waals surface area (Å²) in [6.45, 7) is 1.70. The average molecular weight is 443 g/mol. The Kier molecular flexibility index (Phi) is 5.48. The Hall–Kier alpha value is -3.48. The van der Waals surface area contributed by atoms with E-state index < -0.39 is 23.9 Å². The van der Waals surface area contributed by atoms with Crippen LogP contribution >= 0.6 is 0 Å². The number of rotatable bonds is 6. The van der Waals surface area contributed by atoms with Gasteiger partial charge in [-0.3, -0.25) is 9.59 Å². The van der Waals surface area contributed by atoms with Gasteiger partial charge in [0.15, 0.2) is 0 Å². The summed E-state index contributed by atoms with van der Waals surface area (Å²) in [6.07, 6.45) is -0.487. The third kappa shape index (κ3) is 3.52. The first-order valence-electron chi connectivity index (χ1n) is 11.0. The van der Waals surface area contributed by atoms with Crippen LogP contribution in [0.3, 0.4) is 0 Å². The largest absolute Gasteiger partial charge is 0.497 e. The number of carbonyl (C=O) groups is 2. The standard InChI is InChI=1S/C27H25NO5/c1-18(29)24-25(28(26(24)30)21-13-15-22(31-2)16-14-21)23-17-32-27(33-23,19-9-5-3-6-10-19)20-11-7-4-8-12-20/h3-16,23-25H,17H2,1-2H3/t23-,24-,25-/m1/s1. The van der Waals surface area contributed by atoms with Gasteiger partial charge in [0.1, 0.15) is 23.6 Å². The van der Waals surface area contributed by atoms with Crippen molar-refractivity contribution in [1.82, 2.24) is 0 Å². The molecule has 2 saturated heterocycles. The SMILES string of the molecule is COc1ccc(N2C(=O)[C@H](C(C)=O)[C@H]2[C@H]2COC(c3ccccc3)(c3ccccc3)O2)cc1. The normalized spacial score (nSPS) is 23.8. The van der Waals surface area contributed by atoms with Gasteiger partial charge in [-0.1, -0.05) is 60.7 Å². The number of hydrogen-bond acceptors (Lipinski definition) is 5. The maximum Gasteiger partial charge on any atom is 0.240 e. The van der Waals surface area contributed by atoms with E-state index in [0.29, 0.717) is 11.4 Å². The zero-order valence-electron chi connectivity index (χ0n) is 18.5. The molecule has 2 aliphatic heterocycles. The fourth-order valence-corrected chi connectivity index (χ4v) is 4.78. The summed E-state index contributed by atoms with van der Waals surface area (Å²) in [5, 5.41) is 0. The Balaban J connectivity index is 1.52. The number of ether oxygens (including phenoxy) is 3. The molecule has 5 rings (SSSR count). The monoisotopic (exact) mass is 443 g/mol. The minimum absolute atomic E-state index is 0.171. The number of methoxy groups -OCH3 is 1. The fraction of sp³-hybridized carbons (Fsp3) is 0.259. The van der Waals surface area contributed by atoms with E-state index in [1.807, 2.05) is 72.8 Å². The second-order valence-electron chi connectivity index (χ2n) is 8.30. The Morgan fingerprint density at radius 3 is 2.03 bits per heavy atom. The van der Waals surface area contributed by atoms with Gasteiger partial charge in [0.05, 0.1) is 19.8 Å². The predicted molar refractivity (Wildman–Crippen MR) is 123 cm³/mol. The molecule has 2 aliphatic rings. The Morgan fingerprint density at radius 1 is 0.939 bits per heavy atom. The van der Waals surface area contributed by atoms with Crippen molar-refractivity contribution in [2.24, 2.45) is 5.92 Å². The molecule has 168 valence electrons. The van der Waals surface area contributed by atoms with Gasteiger partial charge in [-0.25, -0.2) is 0 Å². The van der Waals surface area contributed by atoms with Crippen molar-refractivity contribution in [3.05, 3.63) is 96.1 Å². The van der Waals surface area contributed by atoms with Crippen LogP contribution < -0.4 is 9.64 Å². The third-order valence-electron chi connectivity index (χ3n) is 6.39. The number of anilines is 1. The lowest BCUT2D eigenvalue weighted by atomic mass is 9.80. The zero-order chi connectivity index (χ0) is 23.0. The maximum absolute atomic E-state index is 13.0. The van der Waals surface area contributed by atoms with E-state index in [0.717, 1.165) is 11.1 Å². The lowest BCUT2D eigenvalue weighted by molar-refractivity contribution is -0.158. The minimum atomic E-state index is -1.11. The quantitative estimate of drug-likeness (QED) is 0.427. The van der Waals surface area contributed by atoms with Gasteiger partial charge < -0.3 is 19.1 Å². The van der Waals surface area contributed by atoms with Crippen LogP contribution in [0.5, 0.6) is 5.75 Å². The Bertz CT molecular complexity index is 1110. The molecule has 0 aliphatic carbocycles. The number of Topliss-reactive ketones (excluding diaryl/α,β-unsaturated/α-hetero) is 1. The molecule has 2 fully saturated rings. The van der Waals surface area contributed by atoms with Gasteiger partial charge in [-0.05, 0) is 31.2 Å². The third-order valence-corrected chi connectivity index (χ3v) is 6.39. The Morgan fingerprint density at radius 2 is 1.52 bits per heavy atom. The summed E-state index contributed by atoms with van der Waals surface area (Å²) in [7, 11) is 1.59. The molecule has 2 heterocycles. The van der Waals surface area contributed by atoms with Crippen LogP contribution in [0.25, 0.3) is 0 Å². The van der Waals surface area contributed by atoms with Crippen LogP contribution in [0, 0.1) is 5.92 Å². The van der Waals surface area contributed by atoms with Crippen molar-refractivity contribution >= 4 is 17.4 Å². The molecule has 0 unspecified atom stereocenters. The number of benzene rings is 3. The molecule has 0 N–H and O–H groups in total. The van der Waals surface area contributed by atoms with E-state index in [4.69, 9.17) is 14.2 Å². The van der Waals surface area contributed by atoms with Gasteiger partial charge in [0.2, 0.25) is 11.7 Å². The van der Waals surface area contributed by atoms with Crippen molar-refractivity contribution in [3.63, 3.8) is 0 Å². The summed E-state index contributed by atoms with van der Waals surface area (Å²) in [6, 6.07) is 26.3. The summed E-state index contributed by atoms with van der Waals surface area (Å²) in [5.41, 5.74) is 2.42. The second-order valence-corrected chi connectivity index (χ2v) is 8.30. The maximum atomic E-state index is 13.0. The van der Waals surface area contributed by atoms with E-state index in [2.05, 4.69) is 0 Å². The van der Waals surface area contributed by atoms with Crippen LogP contribution in [0.1, 0.15) is 18.1 Å². The number of β-lactam (4-membered cyclic amide) rings is 1. The van der Waals surface area contributed by atoms with Crippen molar-refractivity contribution in [2.45, 2.75) is 24.9 Å². The van der Waals surface area contributed by atoms with Crippen LogP contribution in [0.15, 0.2) is 84.9 Å². The molecule has 3 aromatic rings. The molecule has 3 atom stereocenters. The number of hydrogen-bond donors (Lipinski definition) is 0. The minimum Gasteiger partial charge on any atom is -0.497 e. The average Bonchev–Trinajstić information content (AvgIpc) is 3.29. The molecular weight excluding hydrogens is 418 g/mol. The summed E-state index contributed by atoms with van der Waals surface area (Å²) < 4.78 is 18.3. The highest BCUT2D eigenvalue weighted by Gasteiger charge is 2.59. The van der Waals surface area contributed by atoms with E-state index in [-0.39, 0.29) is 18.3 Å². The fourth-order valence-electron chi connectivity index (χ4n) is 4.78. The van der Waals surface area contributed by atoms with Crippen LogP contribution in [-0.2, 0) is 24.8 Å². The lowest BCUT2D eigenvalue weighted by Crippen LogP contribution is -2.68. The van der Waals surface area contributed by atoms with Crippen LogP contribution in [0.4, 0.5) is 5.69 Å². The van der Waals surface area contributed by atoms with Crippen LogP contribution in [-0.4, -0.2) is 37.6 Å². The first-order chi connectivity index (χ1) is 16.0. The number of ketones is 1. The highest BCUT2D eigenvalue weighted by atomic mass is 16.7. The molecule has 0 aromatic heterocycles. The van der Waals surface area contributed by atoms with Crippen molar-refractivity contribution in [3.8, 4) is 5.75 Å². The molecule has 6 nitrogen and oxygen atoms in total. The second kappa shape index (κ2) is 8.46. The predicted octanol–water partition coefficient (Wildman–Crippen LogP) is 3.93. The number of carbonyl (C=O) groups excluding carboxylic acids is 2. The van der Waals surface area contributed by atoms with E-state index >= 15 is 0 Å². The van der Waals surface area contributed by atoms with E-state index in [1.54, 1.807) is 24.1 Å². The van der Waals surface area contributed by atoms with Crippen molar-refractivity contribution in [2.75, 3.05) is 18.6 Å². The smallest absolute Gasteiger partial charge is 0.240 e. The Labute approximate surface area is 192 Å². The first-order valence-corrected chi connectivity index (χ1v) is 11.0. The molecule has 6 heteroatoms. The summed E-state index contributed by atoms with van der Waals surface area (Å²) in [4.78, 5) is 27.1. The van der Waals surface area contributed by atoms with Crippen molar-refractivity contribution in [1.29, 1.82) is 0 Å². The molecular formula is C27H25NO5. The van der Waals surface area contributed by atoms with E-state index in [9.17, 15) is 9.59 Å². The topological polar surface area (TPSA) is 65.1 Å². The number of amides is 1. The molecule has 0 radical (unpaired) electrons. The van der Waals surface area contributed by atoms with Gasteiger partial charge in [0, 0.05) is 16.8 Å². The molecule has 0 spiro atoms. The molecule has 0 bridgehead atoms. The lowest BCUT2D eigenvalue weighted by Gasteiger charge is -2.48.